The maximum Gasteiger partial charge on any atom is -0.00197 e. The SMILES string of the molecule is c1ccc(-c2c3ccccc3c(-c3cc4ccccc4c4ccccc34)c3cc(-c4cccc5ccccc45)ccc23)c(-c2cccc3ccccc23)c1. The van der Waals surface area contributed by atoms with Gasteiger partial charge >= 0.3 is 0 Å². The molecule has 0 heterocycles. The second-order valence-electron chi connectivity index (χ2n) is 14.3. The van der Waals surface area contributed by atoms with Crippen LogP contribution in [0.3, 0.4) is 0 Å². The molecule has 0 heteroatoms. The first-order valence-electron chi connectivity index (χ1n) is 18.8. The maximum absolute atomic E-state index is 2.47. The Kier molecular flexibility index (Phi) is 6.97. The van der Waals surface area contributed by atoms with Gasteiger partial charge in [0.25, 0.3) is 0 Å². The van der Waals surface area contributed by atoms with E-state index in [2.05, 4.69) is 206 Å². The summed E-state index contributed by atoms with van der Waals surface area (Å²) in [4.78, 5) is 0. The maximum atomic E-state index is 2.47. The molecule has 0 aliphatic carbocycles. The average molecular weight is 683 g/mol. The summed E-state index contributed by atoms with van der Waals surface area (Å²) in [6, 6.07) is 76.2. The summed E-state index contributed by atoms with van der Waals surface area (Å²) in [5, 5.41) is 15.1. The van der Waals surface area contributed by atoms with Gasteiger partial charge in [0, 0.05) is 0 Å². The molecule has 0 aliphatic heterocycles. The van der Waals surface area contributed by atoms with Gasteiger partial charge in [-0.15, -0.1) is 0 Å². The van der Waals surface area contributed by atoms with E-state index in [1.807, 2.05) is 0 Å². The van der Waals surface area contributed by atoms with Crippen molar-refractivity contribution in [1.29, 1.82) is 0 Å². The van der Waals surface area contributed by atoms with Gasteiger partial charge in [-0.05, 0) is 121 Å². The van der Waals surface area contributed by atoms with Gasteiger partial charge in [0.15, 0.2) is 0 Å². The van der Waals surface area contributed by atoms with E-state index in [-0.39, 0.29) is 0 Å². The van der Waals surface area contributed by atoms with Crippen LogP contribution in [0, 0.1) is 0 Å². The molecule has 0 bridgehead atoms. The standard InChI is InChI=1S/C54H34/c1-4-20-39-35(15-1)18-13-29-41(39)38-31-32-50-52(34-38)54(51-33-37-17-3-6-22-42(37)43-23-7-8-25-46(43)51)49-28-12-11-27-48(49)53(50)47-26-10-9-24-45(47)44-30-14-19-36-16-2-5-21-40(36)44/h1-34H. The summed E-state index contributed by atoms with van der Waals surface area (Å²) in [5.74, 6) is 0. The molecule has 0 aliphatic rings. The van der Waals surface area contributed by atoms with E-state index >= 15 is 0 Å². The molecular formula is C54H34. The molecule has 250 valence electrons. The lowest BCUT2D eigenvalue weighted by Crippen LogP contribution is -1.94. The largest absolute Gasteiger partial charge is 0.0616 e. The molecule has 0 saturated heterocycles. The molecule has 0 spiro atoms. The molecule has 0 atom stereocenters. The van der Waals surface area contributed by atoms with Gasteiger partial charge in [0.05, 0.1) is 0 Å². The van der Waals surface area contributed by atoms with Crippen molar-refractivity contribution in [3.63, 3.8) is 0 Å². The Morgan fingerprint density at radius 2 is 0.630 bits per heavy atom. The van der Waals surface area contributed by atoms with Crippen LogP contribution < -0.4 is 0 Å². The number of hydrogen-bond donors (Lipinski definition) is 0. The highest BCUT2D eigenvalue weighted by atomic mass is 14.2. The molecule has 54 heavy (non-hydrogen) atoms. The molecule has 0 nitrogen and oxygen atoms in total. The third kappa shape index (κ3) is 4.71. The van der Waals surface area contributed by atoms with E-state index in [1.54, 1.807) is 0 Å². The van der Waals surface area contributed by atoms with Crippen LogP contribution in [0.4, 0.5) is 0 Å². The van der Waals surface area contributed by atoms with Crippen LogP contribution in [0.25, 0.3) is 109 Å². The van der Waals surface area contributed by atoms with E-state index < -0.39 is 0 Å². The van der Waals surface area contributed by atoms with Crippen molar-refractivity contribution in [3.8, 4) is 44.5 Å². The first-order valence-corrected chi connectivity index (χ1v) is 18.8. The zero-order chi connectivity index (χ0) is 35.6. The van der Waals surface area contributed by atoms with Crippen LogP contribution in [-0.4, -0.2) is 0 Å². The third-order valence-electron chi connectivity index (χ3n) is 11.4. The lowest BCUT2D eigenvalue weighted by Gasteiger charge is -2.22. The number of rotatable bonds is 4. The van der Waals surface area contributed by atoms with Crippen molar-refractivity contribution in [1.82, 2.24) is 0 Å². The van der Waals surface area contributed by atoms with Crippen LogP contribution in [0.15, 0.2) is 206 Å². The van der Waals surface area contributed by atoms with Crippen LogP contribution in [0.5, 0.6) is 0 Å². The van der Waals surface area contributed by atoms with E-state index in [0.717, 1.165) is 0 Å². The summed E-state index contributed by atoms with van der Waals surface area (Å²) in [5.41, 5.74) is 9.99. The van der Waals surface area contributed by atoms with E-state index in [9.17, 15) is 0 Å². The van der Waals surface area contributed by atoms with Crippen molar-refractivity contribution in [2.24, 2.45) is 0 Å². The fraction of sp³-hybridized carbons (Fsp3) is 0. The molecule has 0 saturated carbocycles. The molecule has 0 aromatic heterocycles. The van der Waals surface area contributed by atoms with Gasteiger partial charge in [0.2, 0.25) is 0 Å². The Balaban J connectivity index is 1.31. The smallest absolute Gasteiger partial charge is 0.00197 e. The van der Waals surface area contributed by atoms with Gasteiger partial charge in [-0.2, -0.15) is 0 Å². The Hall–Kier alpha value is -7.02. The van der Waals surface area contributed by atoms with Crippen molar-refractivity contribution >= 4 is 64.6 Å². The Morgan fingerprint density at radius 3 is 1.33 bits per heavy atom. The highest BCUT2D eigenvalue weighted by molar-refractivity contribution is 6.27. The average Bonchev–Trinajstić information content (AvgIpc) is 3.25. The molecule has 0 unspecified atom stereocenters. The topological polar surface area (TPSA) is 0 Å². The van der Waals surface area contributed by atoms with Gasteiger partial charge < -0.3 is 0 Å². The number of fused-ring (bicyclic) bond motifs is 7. The minimum absolute atomic E-state index is 1.22. The molecule has 11 aromatic rings. The summed E-state index contributed by atoms with van der Waals surface area (Å²) in [7, 11) is 0. The Bertz CT molecular complexity index is 3260. The van der Waals surface area contributed by atoms with Gasteiger partial charge in [-0.1, -0.05) is 194 Å². The first-order chi connectivity index (χ1) is 26.8. The lowest BCUT2D eigenvalue weighted by molar-refractivity contribution is 1.63. The Morgan fingerprint density at radius 1 is 0.185 bits per heavy atom. The van der Waals surface area contributed by atoms with Crippen molar-refractivity contribution in [2.75, 3.05) is 0 Å². The fourth-order valence-corrected chi connectivity index (χ4v) is 9.06. The fourth-order valence-electron chi connectivity index (χ4n) is 9.06. The Labute approximate surface area is 314 Å². The normalized spacial score (nSPS) is 11.7. The molecular weight excluding hydrogens is 649 g/mol. The van der Waals surface area contributed by atoms with E-state index in [1.165, 1.54) is 109 Å². The second kappa shape index (κ2) is 12.3. The second-order valence-corrected chi connectivity index (χ2v) is 14.3. The summed E-state index contributed by atoms with van der Waals surface area (Å²) >= 11 is 0. The lowest BCUT2D eigenvalue weighted by atomic mass is 9.81. The molecule has 11 aromatic carbocycles. The van der Waals surface area contributed by atoms with Crippen LogP contribution >= 0.6 is 0 Å². The third-order valence-corrected chi connectivity index (χ3v) is 11.4. The summed E-state index contributed by atoms with van der Waals surface area (Å²) < 4.78 is 0. The molecule has 0 amide bonds. The minimum atomic E-state index is 1.22. The number of benzene rings is 11. The van der Waals surface area contributed by atoms with Crippen LogP contribution in [0.1, 0.15) is 0 Å². The summed E-state index contributed by atoms with van der Waals surface area (Å²) in [6.45, 7) is 0. The zero-order valence-electron chi connectivity index (χ0n) is 29.6. The van der Waals surface area contributed by atoms with Crippen LogP contribution in [-0.2, 0) is 0 Å². The summed E-state index contributed by atoms with van der Waals surface area (Å²) in [6.07, 6.45) is 0. The molecule has 0 N–H and O–H groups in total. The monoisotopic (exact) mass is 682 g/mol. The predicted octanol–water partition coefficient (Wildman–Crippen LogP) is 15.3. The molecule has 11 rings (SSSR count). The van der Waals surface area contributed by atoms with Crippen molar-refractivity contribution < 1.29 is 0 Å². The highest BCUT2D eigenvalue weighted by Crippen LogP contribution is 2.49. The van der Waals surface area contributed by atoms with Crippen molar-refractivity contribution in [2.45, 2.75) is 0 Å². The van der Waals surface area contributed by atoms with E-state index in [4.69, 9.17) is 0 Å². The van der Waals surface area contributed by atoms with E-state index in [0.29, 0.717) is 0 Å². The predicted molar refractivity (Wildman–Crippen MR) is 233 cm³/mol. The quantitative estimate of drug-likeness (QED) is 0.128. The first kappa shape index (κ1) is 30.6. The number of hydrogen-bond acceptors (Lipinski definition) is 0. The van der Waals surface area contributed by atoms with Crippen LogP contribution in [0.2, 0.25) is 0 Å². The highest BCUT2D eigenvalue weighted by Gasteiger charge is 2.22. The van der Waals surface area contributed by atoms with Gasteiger partial charge in [-0.3, -0.25) is 0 Å². The minimum Gasteiger partial charge on any atom is -0.0616 e. The zero-order valence-corrected chi connectivity index (χ0v) is 29.6. The van der Waals surface area contributed by atoms with Gasteiger partial charge in [-0.25, -0.2) is 0 Å². The van der Waals surface area contributed by atoms with Crippen molar-refractivity contribution in [3.05, 3.63) is 206 Å². The molecule has 0 fully saturated rings. The van der Waals surface area contributed by atoms with Gasteiger partial charge in [0.1, 0.15) is 0 Å². The molecule has 0 radical (unpaired) electrons.